The molecule has 1 aromatic carbocycles. The first-order valence-corrected chi connectivity index (χ1v) is 5.01. The summed E-state index contributed by atoms with van der Waals surface area (Å²) in [5, 5.41) is 19.0. The fraction of sp³-hybridized carbons (Fsp3) is 0.100. The lowest BCUT2D eigenvalue weighted by molar-refractivity contribution is 0.0699. The molecule has 4 nitrogen and oxygen atoms in total. The summed E-state index contributed by atoms with van der Waals surface area (Å²) in [6.07, 6.45) is 1.52. The predicted octanol–water partition coefficient (Wildman–Crippen LogP) is 2.34. The maximum atomic E-state index is 11.0. The highest BCUT2D eigenvalue weighted by Crippen LogP contribution is 2.35. The fourth-order valence-corrected chi connectivity index (χ4v) is 2.14. The van der Waals surface area contributed by atoms with Crippen LogP contribution in [0.3, 0.4) is 0 Å². The molecule has 0 aliphatic carbocycles. The molecule has 0 aliphatic heterocycles. The van der Waals surface area contributed by atoms with Crippen LogP contribution in [0.25, 0.3) is 10.9 Å². The number of phenolic OH excluding ortho intramolecular Hbond substituents is 1. The van der Waals surface area contributed by atoms with E-state index in [4.69, 9.17) is 5.11 Å². The van der Waals surface area contributed by atoms with Gasteiger partial charge in [0.1, 0.15) is 5.75 Å². The third-order valence-corrected chi connectivity index (χ3v) is 3.10. The van der Waals surface area contributed by atoms with Crippen LogP contribution in [0.5, 0.6) is 5.75 Å². The summed E-state index contributed by atoms with van der Waals surface area (Å²) in [6.45, 7) is 0. The number of carboxylic acid groups (broad SMARTS) is 1. The minimum atomic E-state index is -1.01. The molecule has 0 bridgehead atoms. The van der Waals surface area contributed by atoms with Crippen molar-refractivity contribution in [2.24, 2.45) is 7.05 Å². The van der Waals surface area contributed by atoms with Crippen LogP contribution >= 0.6 is 15.9 Å². The average Bonchev–Trinajstić information content (AvgIpc) is 2.50. The molecule has 1 heterocycles. The van der Waals surface area contributed by atoms with Gasteiger partial charge in [0.15, 0.2) is 0 Å². The van der Waals surface area contributed by atoms with E-state index in [1.54, 1.807) is 17.7 Å². The van der Waals surface area contributed by atoms with Crippen LogP contribution in [0, 0.1) is 0 Å². The summed E-state index contributed by atoms with van der Waals surface area (Å²) in [5.74, 6) is -0.969. The zero-order chi connectivity index (χ0) is 11.2. The molecular weight excluding hydrogens is 262 g/mol. The lowest BCUT2D eigenvalue weighted by Crippen LogP contribution is -1.94. The average molecular weight is 270 g/mol. The quantitative estimate of drug-likeness (QED) is 0.836. The Balaban J connectivity index is 2.95. The number of rotatable bonds is 1. The SMILES string of the molecule is Cn1cc(C(=O)O)c2c(Br)c(O)ccc21. The van der Waals surface area contributed by atoms with E-state index in [1.165, 1.54) is 12.3 Å². The van der Waals surface area contributed by atoms with E-state index in [2.05, 4.69) is 15.9 Å². The van der Waals surface area contributed by atoms with E-state index >= 15 is 0 Å². The van der Waals surface area contributed by atoms with Crippen molar-refractivity contribution in [1.82, 2.24) is 4.57 Å². The number of aryl methyl sites for hydroxylation is 1. The van der Waals surface area contributed by atoms with Gasteiger partial charge < -0.3 is 14.8 Å². The summed E-state index contributed by atoms with van der Waals surface area (Å²) in [7, 11) is 1.76. The second-order valence-corrected chi connectivity index (χ2v) is 4.04. The van der Waals surface area contributed by atoms with E-state index in [0.29, 0.717) is 9.86 Å². The number of aromatic hydroxyl groups is 1. The lowest BCUT2D eigenvalue weighted by Gasteiger charge is -2.00. The standard InChI is InChI=1S/C10H8BrNO3/c1-12-4-5(10(14)15)8-6(12)2-3-7(13)9(8)11/h2-4,13H,1H3,(H,14,15). The Morgan fingerprint density at radius 3 is 2.73 bits per heavy atom. The molecule has 0 amide bonds. The topological polar surface area (TPSA) is 62.5 Å². The van der Waals surface area contributed by atoms with Crippen molar-refractivity contribution in [2.75, 3.05) is 0 Å². The molecule has 1 aromatic heterocycles. The highest BCUT2D eigenvalue weighted by Gasteiger charge is 2.16. The third-order valence-electron chi connectivity index (χ3n) is 2.30. The lowest BCUT2D eigenvalue weighted by atomic mass is 10.1. The van der Waals surface area contributed by atoms with Gasteiger partial charge in [-0.05, 0) is 28.1 Å². The summed E-state index contributed by atoms with van der Waals surface area (Å²) in [6, 6.07) is 3.21. The van der Waals surface area contributed by atoms with Gasteiger partial charge in [-0.1, -0.05) is 0 Å². The van der Waals surface area contributed by atoms with Gasteiger partial charge in [-0.15, -0.1) is 0 Å². The van der Waals surface area contributed by atoms with Crippen LogP contribution in [-0.2, 0) is 7.05 Å². The number of halogens is 1. The molecule has 0 fully saturated rings. The number of aromatic carboxylic acids is 1. The second-order valence-electron chi connectivity index (χ2n) is 3.25. The monoisotopic (exact) mass is 269 g/mol. The molecule has 0 unspecified atom stereocenters. The Labute approximate surface area is 93.9 Å². The fourth-order valence-electron chi connectivity index (χ4n) is 1.59. The van der Waals surface area contributed by atoms with Crippen LogP contribution < -0.4 is 0 Å². The molecule has 0 saturated carbocycles. The van der Waals surface area contributed by atoms with E-state index in [-0.39, 0.29) is 11.3 Å². The number of carboxylic acids is 1. The number of hydrogen-bond donors (Lipinski definition) is 2. The predicted molar refractivity (Wildman–Crippen MR) is 59.2 cm³/mol. The van der Waals surface area contributed by atoms with Crippen molar-refractivity contribution in [2.45, 2.75) is 0 Å². The van der Waals surface area contributed by atoms with Crippen LogP contribution in [0.1, 0.15) is 10.4 Å². The molecule has 2 aromatic rings. The molecule has 15 heavy (non-hydrogen) atoms. The van der Waals surface area contributed by atoms with Gasteiger partial charge in [0.25, 0.3) is 0 Å². The van der Waals surface area contributed by atoms with Gasteiger partial charge >= 0.3 is 5.97 Å². The highest BCUT2D eigenvalue weighted by molar-refractivity contribution is 9.10. The van der Waals surface area contributed by atoms with E-state index in [0.717, 1.165) is 5.52 Å². The Morgan fingerprint density at radius 1 is 1.47 bits per heavy atom. The Hall–Kier alpha value is -1.49. The van der Waals surface area contributed by atoms with Gasteiger partial charge in [-0.25, -0.2) is 4.79 Å². The zero-order valence-electron chi connectivity index (χ0n) is 7.86. The van der Waals surface area contributed by atoms with Gasteiger partial charge in [0.05, 0.1) is 15.6 Å². The Kier molecular flexibility index (Phi) is 2.19. The first-order chi connectivity index (χ1) is 7.02. The maximum Gasteiger partial charge on any atom is 0.337 e. The van der Waals surface area contributed by atoms with Gasteiger partial charge in [-0.2, -0.15) is 0 Å². The molecule has 0 aliphatic rings. The highest BCUT2D eigenvalue weighted by atomic mass is 79.9. The minimum absolute atomic E-state index is 0.0381. The number of nitrogens with zero attached hydrogens (tertiary/aromatic N) is 1. The van der Waals surface area contributed by atoms with E-state index in [9.17, 15) is 9.90 Å². The molecule has 0 atom stereocenters. The summed E-state index contributed by atoms with van der Waals surface area (Å²) in [4.78, 5) is 11.0. The van der Waals surface area contributed by atoms with Crippen molar-refractivity contribution in [1.29, 1.82) is 0 Å². The van der Waals surface area contributed by atoms with Crippen LogP contribution in [-0.4, -0.2) is 20.7 Å². The molecule has 5 heteroatoms. The van der Waals surface area contributed by atoms with Crippen molar-refractivity contribution < 1.29 is 15.0 Å². The number of phenols is 1. The molecular formula is C10H8BrNO3. The van der Waals surface area contributed by atoms with Crippen LogP contribution in [0.2, 0.25) is 0 Å². The number of fused-ring (bicyclic) bond motifs is 1. The smallest absolute Gasteiger partial charge is 0.337 e. The Morgan fingerprint density at radius 2 is 2.13 bits per heavy atom. The number of carbonyl (C=O) groups is 1. The third kappa shape index (κ3) is 1.39. The molecule has 78 valence electrons. The molecule has 0 radical (unpaired) electrons. The normalized spacial score (nSPS) is 10.8. The number of aromatic nitrogens is 1. The summed E-state index contributed by atoms with van der Waals surface area (Å²) >= 11 is 3.19. The van der Waals surface area contributed by atoms with E-state index < -0.39 is 5.97 Å². The second kappa shape index (κ2) is 3.27. The molecule has 0 saturated heterocycles. The van der Waals surface area contributed by atoms with Crippen molar-refractivity contribution in [3.63, 3.8) is 0 Å². The number of hydrogen-bond acceptors (Lipinski definition) is 2. The van der Waals surface area contributed by atoms with Crippen LogP contribution in [0.15, 0.2) is 22.8 Å². The first-order valence-electron chi connectivity index (χ1n) is 4.22. The zero-order valence-corrected chi connectivity index (χ0v) is 9.45. The summed E-state index contributed by atoms with van der Waals surface area (Å²) < 4.78 is 2.13. The van der Waals surface area contributed by atoms with Gasteiger partial charge in [-0.3, -0.25) is 0 Å². The van der Waals surface area contributed by atoms with Crippen molar-refractivity contribution >= 4 is 32.8 Å². The Bertz CT molecular complexity index is 559. The first kappa shape index (κ1) is 10.0. The number of benzene rings is 1. The van der Waals surface area contributed by atoms with E-state index in [1.807, 2.05) is 0 Å². The van der Waals surface area contributed by atoms with Crippen molar-refractivity contribution in [3.05, 3.63) is 28.4 Å². The van der Waals surface area contributed by atoms with Gasteiger partial charge in [0, 0.05) is 18.6 Å². The largest absolute Gasteiger partial charge is 0.507 e. The molecule has 2 N–H and O–H groups in total. The van der Waals surface area contributed by atoms with Gasteiger partial charge in [0.2, 0.25) is 0 Å². The summed E-state index contributed by atoms with van der Waals surface area (Å²) in [5.41, 5.74) is 0.937. The maximum absolute atomic E-state index is 11.0. The van der Waals surface area contributed by atoms with Crippen molar-refractivity contribution in [3.8, 4) is 5.75 Å². The molecule has 2 rings (SSSR count). The van der Waals surface area contributed by atoms with Crippen LogP contribution in [0.4, 0.5) is 0 Å². The molecule has 0 spiro atoms. The minimum Gasteiger partial charge on any atom is -0.507 e.